The fraction of sp³-hybridized carbons (Fsp3) is 0.176. The van der Waals surface area contributed by atoms with Crippen molar-refractivity contribution in [3.05, 3.63) is 68.5 Å². The van der Waals surface area contributed by atoms with E-state index < -0.39 is 17.5 Å². The monoisotopic (exact) mass is 388 g/mol. The molecule has 7 nitrogen and oxygen atoms in total. The van der Waals surface area contributed by atoms with Crippen LogP contribution in [0.25, 0.3) is 4.96 Å². The normalized spacial score (nSPS) is 20.0. The Balaban J connectivity index is 1.69. The first kappa shape index (κ1) is 16.7. The number of carbonyl (C=O) groups excluding carboxylic acids is 2. The standard InChI is InChI=1S/C17H13ClN4O3S/c1-17(11-4-2-3-5-12(11)18)14(24)22(15(25)20-17)9-10-8-13(23)21-6-7-26-16(21)19-10/h2-8H,9H2,1H3,(H,20,25)/t17-/m0/s1. The second-order valence-corrected chi connectivity index (χ2v) is 7.35. The molecule has 132 valence electrons. The van der Waals surface area contributed by atoms with Crippen molar-refractivity contribution in [2.75, 3.05) is 0 Å². The Morgan fingerprint density at radius 2 is 2.04 bits per heavy atom. The van der Waals surface area contributed by atoms with Crippen LogP contribution in [0.1, 0.15) is 18.2 Å². The maximum absolute atomic E-state index is 13.0. The zero-order valence-electron chi connectivity index (χ0n) is 13.6. The Labute approximate surface area is 156 Å². The Kier molecular flexibility index (Phi) is 3.82. The Morgan fingerprint density at radius 1 is 1.27 bits per heavy atom. The van der Waals surface area contributed by atoms with Gasteiger partial charge in [0, 0.05) is 28.2 Å². The van der Waals surface area contributed by atoms with Crippen molar-refractivity contribution in [3.8, 4) is 0 Å². The molecule has 9 heteroatoms. The highest BCUT2D eigenvalue weighted by molar-refractivity contribution is 7.15. The van der Waals surface area contributed by atoms with Gasteiger partial charge >= 0.3 is 6.03 Å². The number of hydrogen-bond donors (Lipinski definition) is 1. The summed E-state index contributed by atoms with van der Waals surface area (Å²) < 4.78 is 1.41. The number of imide groups is 1. The second kappa shape index (κ2) is 5.93. The molecule has 0 spiro atoms. The summed E-state index contributed by atoms with van der Waals surface area (Å²) >= 11 is 7.52. The molecule has 0 bridgehead atoms. The average Bonchev–Trinajstić information content (AvgIpc) is 3.15. The number of fused-ring (bicyclic) bond motifs is 1. The zero-order valence-corrected chi connectivity index (χ0v) is 15.2. The largest absolute Gasteiger partial charge is 0.325 e. The highest BCUT2D eigenvalue weighted by Gasteiger charge is 2.49. The van der Waals surface area contributed by atoms with Gasteiger partial charge in [0.1, 0.15) is 5.54 Å². The first-order chi connectivity index (χ1) is 12.4. The lowest BCUT2D eigenvalue weighted by Crippen LogP contribution is -2.41. The molecule has 0 radical (unpaired) electrons. The van der Waals surface area contributed by atoms with Gasteiger partial charge in [-0.1, -0.05) is 29.8 Å². The number of halogens is 1. The lowest BCUT2D eigenvalue weighted by molar-refractivity contribution is -0.131. The molecule has 1 N–H and O–H groups in total. The molecule has 0 unspecified atom stereocenters. The van der Waals surface area contributed by atoms with E-state index in [2.05, 4.69) is 10.3 Å². The summed E-state index contributed by atoms with van der Waals surface area (Å²) in [6, 6.07) is 7.64. The number of rotatable bonds is 3. The fourth-order valence-electron chi connectivity index (χ4n) is 3.02. The first-order valence-corrected chi connectivity index (χ1v) is 9.01. The SMILES string of the molecule is C[C@@]1(c2ccccc2Cl)NC(=O)N(Cc2cc(=O)n3ccsc3n2)C1=O. The third kappa shape index (κ3) is 2.49. The lowest BCUT2D eigenvalue weighted by atomic mass is 9.92. The Hall–Kier alpha value is -2.71. The minimum Gasteiger partial charge on any atom is -0.319 e. The number of aromatic nitrogens is 2. The Bertz CT molecular complexity index is 1110. The third-order valence-electron chi connectivity index (χ3n) is 4.36. The second-order valence-electron chi connectivity index (χ2n) is 6.07. The van der Waals surface area contributed by atoms with E-state index >= 15 is 0 Å². The zero-order chi connectivity index (χ0) is 18.5. The first-order valence-electron chi connectivity index (χ1n) is 7.75. The van der Waals surface area contributed by atoms with Gasteiger partial charge in [-0.25, -0.2) is 9.78 Å². The van der Waals surface area contributed by atoms with Gasteiger partial charge in [0.05, 0.1) is 12.2 Å². The topological polar surface area (TPSA) is 83.8 Å². The highest BCUT2D eigenvalue weighted by Crippen LogP contribution is 2.33. The van der Waals surface area contributed by atoms with E-state index in [1.807, 2.05) is 0 Å². The van der Waals surface area contributed by atoms with E-state index in [0.717, 1.165) is 4.90 Å². The average molecular weight is 389 g/mol. The molecular weight excluding hydrogens is 376 g/mol. The number of thiazole rings is 1. The molecule has 3 aromatic rings. The van der Waals surface area contributed by atoms with E-state index in [9.17, 15) is 14.4 Å². The minimum absolute atomic E-state index is 0.0889. The quantitative estimate of drug-likeness (QED) is 0.698. The van der Waals surface area contributed by atoms with Gasteiger partial charge in [-0.2, -0.15) is 0 Å². The minimum atomic E-state index is -1.27. The van der Waals surface area contributed by atoms with E-state index in [1.165, 1.54) is 21.8 Å². The smallest absolute Gasteiger partial charge is 0.319 e. The van der Waals surface area contributed by atoms with Crippen molar-refractivity contribution >= 4 is 39.8 Å². The van der Waals surface area contributed by atoms with Crippen molar-refractivity contribution in [3.63, 3.8) is 0 Å². The van der Waals surface area contributed by atoms with Crippen molar-refractivity contribution in [1.29, 1.82) is 0 Å². The number of hydrogen-bond acceptors (Lipinski definition) is 5. The van der Waals surface area contributed by atoms with Crippen LogP contribution in [0.3, 0.4) is 0 Å². The van der Waals surface area contributed by atoms with Crippen LogP contribution in [-0.2, 0) is 16.9 Å². The van der Waals surface area contributed by atoms with Crippen molar-refractivity contribution in [2.45, 2.75) is 19.0 Å². The molecule has 0 saturated carbocycles. The summed E-state index contributed by atoms with van der Waals surface area (Å²) in [7, 11) is 0. The van der Waals surface area contributed by atoms with Gasteiger partial charge in [0.15, 0.2) is 4.96 Å². The maximum atomic E-state index is 13.0. The highest BCUT2D eigenvalue weighted by atomic mass is 35.5. The van der Waals surface area contributed by atoms with Gasteiger partial charge in [-0.3, -0.25) is 18.9 Å². The van der Waals surface area contributed by atoms with E-state index in [0.29, 0.717) is 21.2 Å². The molecule has 26 heavy (non-hydrogen) atoms. The van der Waals surface area contributed by atoms with Crippen LogP contribution in [0, 0.1) is 0 Å². The number of nitrogens with zero attached hydrogens (tertiary/aromatic N) is 3. The molecule has 1 atom stereocenters. The van der Waals surface area contributed by atoms with Crippen molar-refractivity contribution in [2.24, 2.45) is 0 Å². The van der Waals surface area contributed by atoms with Gasteiger partial charge < -0.3 is 5.32 Å². The van der Waals surface area contributed by atoms with Gasteiger partial charge in [-0.15, -0.1) is 11.3 Å². The molecule has 2 aromatic heterocycles. The van der Waals surface area contributed by atoms with E-state index in [-0.39, 0.29) is 12.1 Å². The summed E-state index contributed by atoms with van der Waals surface area (Å²) in [5.74, 6) is -0.441. The molecule has 1 aromatic carbocycles. The third-order valence-corrected chi connectivity index (χ3v) is 5.45. The van der Waals surface area contributed by atoms with Crippen LogP contribution in [0.5, 0.6) is 0 Å². The van der Waals surface area contributed by atoms with Gasteiger partial charge in [-0.05, 0) is 13.0 Å². The summed E-state index contributed by atoms with van der Waals surface area (Å²) in [4.78, 5) is 43.4. The predicted molar refractivity (Wildman–Crippen MR) is 97.2 cm³/mol. The fourth-order valence-corrected chi connectivity index (χ4v) is 4.08. The number of benzene rings is 1. The van der Waals surface area contributed by atoms with Crippen LogP contribution in [0.4, 0.5) is 4.79 Å². The summed E-state index contributed by atoms with van der Waals surface area (Å²) in [6.45, 7) is 1.52. The number of carbonyl (C=O) groups is 2. The van der Waals surface area contributed by atoms with Crippen LogP contribution in [0.2, 0.25) is 5.02 Å². The summed E-state index contributed by atoms with van der Waals surface area (Å²) in [5, 5.41) is 4.84. The van der Waals surface area contributed by atoms with Crippen LogP contribution < -0.4 is 10.9 Å². The number of nitrogens with one attached hydrogen (secondary N) is 1. The van der Waals surface area contributed by atoms with E-state index in [4.69, 9.17) is 11.6 Å². The molecular formula is C17H13ClN4O3S. The van der Waals surface area contributed by atoms with Gasteiger partial charge in [0.2, 0.25) is 0 Å². The Morgan fingerprint density at radius 3 is 2.81 bits per heavy atom. The number of urea groups is 1. The molecule has 1 aliphatic heterocycles. The number of amides is 3. The maximum Gasteiger partial charge on any atom is 0.325 e. The van der Waals surface area contributed by atoms with Crippen LogP contribution in [0.15, 0.2) is 46.7 Å². The molecule has 3 amide bonds. The molecule has 0 aliphatic carbocycles. The van der Waals surface area contributed by atoms with Crippen LogP contribution >= 0.6 is 22.9 Å². The summed E-state index contributed by atoms with van der Waals surface area (Å²) in [5.41, 5.74) is -0.655. The molecule has 3 heterocycles. The van der Waals surface area contributed by atoms with Crippen molar-refractivity contribution in [1.82, 2.24) is 19.6 Å². The molecule has 1 fully saturated rings. The molecule has 1 saturated heterocycles. The summed E-state index contributed by atoms with van der Waals surface area (Å²) in [6.07, 6.45) is 1.63. The van der Waals surface area contributed by atoms with Crippen molar-refractivity contribution < 1.29 is 9.59 Å². The predicted octanol–water partition coefficient (Wildman–Crippen LogP) is 2.38. The van der Waals surface area contributed by atoms with Crippen LogP contribution in [-0.4, -0.2) is 26.2 Å². The molecule has 4 rings (SSSR count). The van der Waals surface area contributed by atoms with E-state index in [1.54, 1.807) is 42.8 Å². The molecule has 1 aliphatic rings. The van der Waals surface area contributed by atoms with Gasteiger partial charge in [0.25, 0.3) is 11.5 Å². The lowest BCUT2D eigenvalue weighted by Gasteiger charge is -2.23.